The van der Waals surface area contributed by atoms with Crippen molar-refractivity contribution in [2.45, 2.75) is 52.2 Å². The molecule has 0 spiro atoms. The number of rotatable bonds is 3. The lowest BCUT2D eigenvalue weighted by atomic mass is 9.60. The van der Waals surface area contributed by atoms with E-state index in [-0.39, 0.29) is 5.92 Å². The van der Waals surface area contributed by atoms with E-state index in [1.54, 1.807) is 6.92 Å². The van der Waals surface area contributed by atoms with Gasteiger partial charge in [0.1, 0.15) is 0 Å². The summed E-state index contributed by atoms with van der Waals surface area (Å²) < 4.78 is 27.9. The zero-order valence-corrected chi connectivity index (χ0v) is 12.7. The molecule has 106 valence electrons. The summed E-state index contributed by atoms with van der Waals surface area (Å²) in [5, 5.41) is 10.6. The molecule has 1 rings (SSSR count). The van der Waals surface area contributed by atoms with Crippen LogP contribution in [0.4, 0.5) is 0 Å². The molecule has 0 bridgehead atoms. The van der Waals surface area contributed by atoms with Crippen LogP contribution in [-0.2, 0) is 14.3 Å². The van der Waals surface area contributed by atoms with E-state index in [0.717, 1.165) is 11.8 Å². The van der Waals surface area contributed by atoms with Gasteiger partial charge in [-0.05, 0) is 32.6 Å². The minimum absolute atomic E-state index is 0.0831. The van der Waals surface area contributed by atoms with Crippen LogP contribution in [0.25, 0.3) is 0 Å². The van der Waals surface area contributed by atoms with Gasteiger partial charge in [-0.15, -0.1) is 0 Å². The summed E-state index contributed by atoms with van der Waals surface area (Å²) in [6, 6.07) is 0. The van der Waals surface area contributed by atoms with Gasteiger partial charge in [-0.3, -0.25) is 4.18 Å². The highest BCUT2D eigenvalue weighted by Crippen LogP contribution is 2.49. The van der Waals surface area contributed by atoms with Gasteiger partial charge in [-0.2, -0.15) is 8.42 Å². The minimum atomic E-state index is -3.53. The number of hydrogen-bond acceptors (Lipinski definition) is 4. The molecule has 1 aliphatic carbocycles. The molecule has 1 aliphatic rings. The second-order valence-corrected chi connectivity index (χ2v) is 7.87. The summed E-state index contributed by atoms with van der Waals surface area (Å²) >= 11 is 0. The normalized spacial score (nSPS) is 36.3. The molecule has 0 radical (unpaired) electrons. The Labute approximate surface area is 110 Å². The lowest BCUT2D eigenvalue weighted by Crippen LogP contribution is -2.56. The monoisotopic (exact) mass is 276 g/mol. The molecule has 0 unspecified atom stereocenters. The van der Waals surface area contributed by atoms with Gasteiger partial charge in [0, 0.05) is 5.41 Å². The third-order valence-corrected chi connectivity index (χ3v) is 4.91. The number of hydrogen-bond donors (Lipinski definition) is 1. The highest BCUT2D eigenvalue weighted by molar-refractivity contribution is 7.86. The first-order valence-corrected chi connectivity index (χ1v) is 7.94. The van der Waals surface area contributed by atoms with Crippen LogP contribution in [0.1, 0.15) is 40.5 Å². The van der Waals surface area contributed by atoms with Crippen molar-refractivity contribution in [3.63, 3.8) is 0 Å². The zero-order valence-electron chi connectivity index (χ0n) is 11.9. The van der Waals surface area contributed by atoms with Crippen molar-refractivity contribution in [1.82, 2.24) is 0 Å². The first-order valence-electron chi connectivity index (χ1n) is 6.13. The minimum Gasteiger partial charge on any atom is -0.389 e. The van der Waals surface area contributed by atoms with Gasteiger partial charge in [-0.1, -0.05) is 26.0 Å². The van der Waals surface area contributed by atoms with Crippen LogP contribution in [0.15, 0.2) is 12.2 Å². The maximum atomic E-state index is 11.3. The lowest BCUT2D eigenvalue weighted by Gasteiger charge is -2.51. The zero-order chi connectivity index (χ0) is 14.4. The van der Waals surface area contributed by atoms with Crippen LogP contribution in [0.2, 0.25) is 0 Å². The first kappa shape index (κ1) is 15.7. The average molecular weight is 276 g/mol. The summed E-state index contributed by atoms with van der Waals surface area (Å²) in [4.78, 5) is 0. The van der Waals surface area contributed by atoms with Gasteiger partial charge in [0.15, 0.2) is 0 Å². The molecule has 0 aromatic carbocycles. The molecule has 0 aromatic heterocycles. The van der Waals surface area contributed by atoms with Crippen LogP contribution in [0.3, 0.4) is 0 Å². The van der Waals surface area contributed by atoms with E-state index in [4.69, 9.17) is 4.18 Å². The fraction of sp³-hybridized carbons (Fsp3) is 0.846. The summed E-state index contributed by atoms with van der Waals surface area (Å²) in [5.41, 5.74) is -0.653. The van der Waals surface area contributed by atoms with E-state index in [9.17, 15) is 13.5 Å². The van der Waals surface area contributed by atoms with Crippen LogP contribution >= 0.6 is 0 Å². The third kappa shape index (κ3) is 3.13. The van der Waals surface area contributed by atoms with E-state index in [2.05, 4.69) is 6.58 Å². The van der Waals surface area contributed by atoms with E-state index < -0.39 is 27.2 Å². The third-order valence-electron chi connectivity index (χ3n) is 4.32. The smallest absolute Gasteiger partial charge is 0.264 e. The molecular weight excluding hydrogens is 252 g/mol. The molecule has 1 fully saturated rings. The Hall–Kier alpha value is -0.390. The summed E-state index contributed by atoms with van der Waals surface area (Å²) in [6.07, 6.45) is 1.67. The summed E-state index contributed by atoms with van der Waals surface area (Å²) in [6.45, 7) is 11.2. The standard InChI is InChI=1S/C13H24O4S/c1-9(2)10-7-11(17-18(6,15)16)12(3,4)13(5,14)8-10/h10-11,14H,1,7-8H2,2-6H3/t10-,11-,13-/m1/s1. The van der Waals surface area contributed by atoms with Crippen LogP contribution in [0, 0.1) is 11.3 Å². The lowest BCUT2D eigenvalue weighted by molar-refractivity contribution is -0.145. The van der Waals surface area contributed by atoms with Gasteiger partial charge in [0.25, 0.3) is 10.1 Å². The van der Waals surface area contributed by atoms with Crippen molar-refractivity contribution in [3.8, 4) is 0 Å². The Morgan fingerprint density at radius 1 is 1.39 bits per heavy atom. The van der Waals surface area contributed by atoms with E-state index in [1.807, 2.05) is 20.8 Å². The summed E-state index contributed by atoms with van der Waals surface area (Å²) in [7, 11) is -3.53. The van der Waals surface area contributed by atoms with Crippen molar-refractivity contribution >= 4 is 10.1 Å². The maximum absolute atomic E-state index is 11.3. The summed E-state index contributed by atoms with van der Waals surface area (Å²) in [5.74, 6) is 0.0831. The van der Waals surface area contributed by atoms with Crippen molar-refractivity contribution in [2.75, 3.05) is 6.26 Å². The highest BCUT2D eigenvalue weighted by Gasteiger charge is 2.52. The van der Waals surface area contributed by atoms with E-state index in [0.29, 0.717) is 12.8 Å². The molecule has 18 heavy (non-hydrogen) atoms. The largest absolute Gasteiger partial charge is 0.389 e. The molecule has 0 aromatic rings. The SMILES string of the molecule is C=C(C)[C@@H]1C[C@@H](OS(C)(=O)=O)C(C)(C)[C@](C)(O)C1. The van der Waals surface area contributed by atoms with Crippen molar-refractivity contribution < 1.29 is 17.7 Å². The van der Waals surface area contributed by atoms with Gasteiger partial charge in [0.05, 0.1) is 18.0 Å². The van der Waals surface area contributed by atoms with E-state index in [1.165, 1.54) is 0 Å². The van der Waals surface area contributed by atoms with Gasteiger partial charge in [-0.25, -0.2) is 0 Å². The molecule has 3 atom stereocenters. The topological polar surface area (TPSA) is 63.6 Å². The second-order valence-electron chi connectivity index (χ2n) is 6.27. The van der Waals surface area contributed by atoms with Crippen LogP contribution < -0.4 is 0 Å². The Bertz CT molecular complexity index is 434. The predicted molar refractivity (Wildman–Crippen MR) is 71.7 cm³/mol. The van der Waals surface area contributed by atoms with Crippen molar-refractivity contribution in [3.05, 3.63) is 12.2 Å². The first-order chi connectivity index (χ1) is 7.87. The maximum Gasteiger partial charge on any atom is 0.264 e. The van der Waals surface area contributed by atoms with Crippen molar-refractivity contribution in [1.29, 1.82) is 0 Å². The Morgan fingerprint density at radius 3 is 2.28 bits per heavy atom. The molecule has 5 heteroatoms. The molecular formula is C13H24O4S. The molecule has 0 aliphatic heterocycles. The molecule has 0 amide bonds. The quantitative estimate of drug-likeness (QED) is 0.633. The van der Waals surface area contributed by atoms with E-state index >= 15 is 0 Å². The Morgan fingerprint density at radius 2 is 1.89 bits per heavy atom. The molecule has 1 N–H and O–H groups in total. The highest BCUT2D eigenvalue weighted by atomic mass is 32.2. The Kier molecular flexibility index (Phi) is 4.02. The second kappa shape index (κ2) is 4.62. The van der Waals surface area contributed by atoms with Crippen LogP contribution in [-0.4, -0.2) is 31.5 Å². The fourth-order valence-electron chi connectivity index (χ4n) is 2.47. The molecule has 1 saturated carbocycles. The number of aliphatic hydroxyl groups is 1. The van der Waals surface area contributed by atoms with Gasteiger partial charge in [0.2, 0.25) is 0 Å². The Balaban J connectivity index is 3.08. The molecule has 4 nitrogen and oxygen atoms in total. The number of allylic oxidation sites excluding steroid dienone is 1. The van der Waals surface area contributed by atoms with Crippen LogP contribution in [0.5, 0.6) is 0 Å². The van der Waals surface area contributed by atoms with Gasteiger partial charge < -0.3 is 5.11 Å². The molecule has 0 heterocycles. The predicted octanol–water partition coefficient (Wildman–Crippen LogP) is 2.09. The van der Waals surface area contributed by atoms with Crippen molar-refractivity contribution in [2.24, 2.45) is 11.3 Å². The fourth-order valence-corrected chi connectivity index (χ4v) is 3.21. The molecule has 0 saturated heterocycles. The van der Waals surface area contributed by atoms with Gasteiger partial charge >= 0.3 is 0 Å². The average Bonchev–Trinajstić information content (AvgIpc) is 2.10.